The summed E-state index contributed by atoms with van der Waals surface area (Å²) in [6, 6.07) is 0.160. The number of halogens is 3. The standard InChI is InChI=1S/C11H18BF3NO.K/c1-9(12(13,14)15)8-16-6-7-17-11-5-3-2-4-10(11)16;/h10-11H,1-8H2;/q-1;+1. The second kappa shape index (κ2) is 7.24. The van der Waals surface area contributed by atoms with E-state index in [2.05, 4.69) is 6.58 Å². The normalized spacial score (nSPS) is 29.3. The zero-order valence-corrected chi connectivity index (χ0v) is 14.0. The van der Waals surface area contributed by atoms with E-state index in [4.69, 9.17) is 4.74 Å². The van der Waals surface area contributed by atoms with Crippen molar-refractivity contribution in [1.29, 1.82) is 0 Å². The molecule has 2 unspecified atom stereocenters. The van der Waals surface area contributed by atoms with Gasteiger partial charge in [0.05, 0.1) is 12.7 Å². The minimum atomic E-state index is -4.91. The first kappa shape index (κ1) is 17.2. The molecule has 2 nitrogen and oxygen atoms in total. The average Bonchev–Trinajstić information content (AvgIpc) is 2.28. The van der Waals surface area contributed by atoms with Gasteiger partial charge in [0.25, 0.3) is 0 Å². The predicted molar refractivity (Wildman–Crippen MR) is 61.8 cm³/mol. The molecule has 18 heavy (non-hydrogen) atoms. The van der Waals surface area contributed by atoms with Gasteiger partial charge in [0.1, 0.15) is 0 Å². The first-order valence-corrected chi connectivity index (χ1v) is 6.22. The number of nitrogens with zero attached hydrogens (tertiary/aromatic N) is 1. The van der Waals surface area contributed by atoms with Crippen LogP contribution in [-0.2, 0) is 4.74 Å². The van der Waals surface area contributed by atoms with Gasteiger partial charge >= 0.3 is 58.4 Å². The maximum Gasteiger partial charge on any atom is 1.00 e. The van der Waals surface area contributed by atoms with Crippen molar-refractivity contribution in [2.45, 2.75) is 37.8 Å². The van der Waals surface area contributed by atoms with Gasteiger partial charge in [-0.2, -0.15) is 0 Å². The molecule has 98 valence electrons. The van der Waals surface area contributed by atoms with Crippen molar-refractivity contribution >= 4 is 6.98 Å². The number of fused-ring (bicyclic) bond motifs is 1. The molecule has 7 heteroatoms. The van der Waals surface area contributed by atoms with Crippen LogP contribution in [0.3, 0.4) is 0 Å². The Hall–Kier alpha value is 1.15. The number of rotatable bonds is 3. The van der Waals surface area contributed by atoms with E-state index in [9.17, 15) is 12.9 Å². The number of morpholine rings is 1. The molecule has 0 N–H and O–H groups in total. The Kier molecular flexibility index (Phi) is 6.92. The van der Waals surface area contributed by atoms with Crippen molar-refractivity contribution in [2.24, 2.45) is 0 Å². The molecule has 2 rings (SSSR count). The first-order chi connectivity index (χ1) is 7.98. The van der Waals surface area contributed by atoms with Crippen molar-refractivity contribution in [3.05, 3.63) is 12.1 Å². The Bertz CT molecular complexity index is 299. The fourth-order valence-corrected chi connectivity index (χ4v) is 2.74. The fraction of sp³-hybridized carbons (Fsp3) is 0.818. The van der Waals surface area contributed by atoms with E-state index in [-0.39, 0.29) is 70.1 Å². The van der Waals surface area contributed by atoms with Crippen LogP contribution in [0.25, 0.3) is 0 Å². The summed E-state index contributed by atoms with van der Waals surface area (Å²) in [5.41, 5.74) is -0.587. The third-order valence-corrected chi connectivity index (χ3v) is 3.72. The second-order valence-electron chi connectivity index (χ2n) is 4.96. The van der Waals surface area contributed by atoms with Gasteiger partial charge in [-0.25, -0.2) is 0 Å². The summed E-state index contributed by atoms with van der Waals surface area (Å²) in [7, 11) is 0. The van der Waals surface area contributed by atoms with E-state index < -0.39 is 12.4 Å². The quantitative estimate of drug-likeness (QED) is 0.654. The van der Waals surface area contributed by atoms with Crippen LogP contribution in [0, 0.1) is 0 Å². The van der Waals surface area contributed by atoms with E-state index in [0.717, 1.165) is 25.7 Å². The molecule has 0 aromatic rings. The molecule has 1 heterocycles. The van der Waals surface area contributed by atoms with Crippen molar-refractivity contribution in [2.75, 3.05) is 19.7 Å². The van der Waals surface area contributed by atoms with Crippen LogP contribution >= 0.6 is 0 Å². The number of ether oxygens (including phenoxy) is 1. The molecule has 2 fully saturated rings. The summed E-state index contributed by atoms with van der Waals surface area (Å²) in [6.45, 7) is -0.646. The minimum absolute atomic E-state index is 0. The first-order valence-electron chi connectivity index (χ1n) is 6.22. The van der Waals surface area contributed by atoms with Crippen LogP contribution in [0.4, 0.5) is 12.9 Å². The Morgan fingerprint density at radius 2 is 1.94 bits per heavy atom. The van der Waals surface area contributed by atoms with Gasteiger partial charge in [0, 0.05) is 12.6 Å². The zero-order chi connectivity index (χ0) is 12.5. The van der Waals surface area contributed by atoms with Gasteiger partial charge in [-0.1, -0.05) is 12.8 Å². The van der Waals surface area contributed by atoms with Crippen LogP contribution in [0.5, 0.6) is 0 Å². The molecule has 1 saturated carbocycles. The van der Waals surface area contributed by atoms with Crippen molar-refractivity contribution in [1.82, 2.24) is 4.90 Å². The Labute approximate surface area is 149 Å². The summed E-state index contributed by atoms with van der Waals surface area (Å²) in [6.07, 6.45) is 4.27. The molecule has 0 bridgehead atoms. The predicted octanol–water partition coefficient (Wildman–Crippen LogP) is -0.423. The van der Waals surface area contributed by atoms with Crippen LogP contribution in [0.1, 0.15) is 25.7 Å². The van der Waals surface area contributed by atoms with E-state index in [0.29, 0.717) is 13.2 Å². The third kappa shape index (κ3) is 4.33. The topological polar surface area (TPSA) is 12.5 Å². The maximum absolute atomic E-state index is 12.5. The summed E-state index contributed by atoms with van der Waals surface area (Å²) >= 11 is 0. The summed E-state index contributed by atoms with van der Waals surface area (Å²) in [4.78, 5) is 1.91. The zero-order valence-electron chi connectivity index (χ0n) is 10.9. The van der Waals surface area contributed by atoms with Gasteiger partial charge in [-0.05, 0) is 19.4 Å². The molecule has 1 saturated heterocycles. The molecular formula is C11H18BF3KNO. The smallest absolute Gasteiger partial charge is 0.445 e. The van der Waals surface area contributed by atoms with Crippen molar-refractivity contribution in [3.63, 3.8) is 0 Å². The SMILES string of the molecule is C=C(CN1CCOC2CCCCC21)[B-](F)(F)F.[K+]. The second-order valence-corrected chi connectivity index (χ2v) is 4.96. The molecule has 0 amide bonds. The van der Waals surface area contributed by atoms with Gasteiger partial charge in [-0.3, -0.25) is 4.90 Å². The van der Waals surface area contributed by atoms with Crippen molar-refractivity contribution in [3.8, 4) is 0 Å². The summed E-state index contributed by atoms with van der Waals surface area (Å²) in [5, 5.41) is 0. The van der Waals surface area contributed by atoms with Gasteiger partial charge in [0.2, 0.25) is 0 Å². The molecule has 0 radical (unpaired) electrons. The monoisotopic (exact) mass is 287 g/mol. The minimum Gasteiger partial charge on any atom is -0.445 e. The summed E-state index contributed by atoms with van der Waals surface area (Å²) < 4.78 is 43.2. The Balaban J connectivity index is 0.00000162. The Morgan fingerprint density at radius 3 is 2.61 bits per heavy atom. The molecule has 2 aliphatic rings. The largest absolute Gasteiger partial charge is 1.00 e. The molecule has 1 aliphatic heterocycles. The van der Waals surface area contributed by atoms with Crippen LogP contribution in [0.2, 0.25) is 0 Å². The van der Waals surface area contributed by atoms with Gasteiger partial charge in [0.15, 0.2) is 0 Å². The molecule has 0 aromatic heterocycles. The molecule has 0 aromatic carbocycles. The molecular weight excluding hydrogens is 269 g/mol. The van der Waals surface area contributed by atoms with Crippen LogP contribution < -0.4 is 51.4 Å². The number of hydrogen-bond acceptors (Lipinski definition) is 2. The maximum atomic E-state index is 12.5. The van der Waals surface area contributed by atoms with Crippen molar-refractivity contribution < 1.29 is 69.1 Å². The van der Waals surface area contributed by atoms with Crippen LogP contribution in [-0.4, -0.2) is 43.7 Å². The van der Waals surface area contributed by atoms with E-state index >= 15 is 0 Å². The van der Waals surface area contributed by atoms with E-state index in [1.807, 2.05) is 4.90 Å². The number of hydrogen-bond donors (Lipinski definition) is 0. The third-order valence-electron chi connectivity index (χ3n) is 3.72. The molecule has 2 atom stereocenters. The van der Waals surface area contributed by atoms with E-state index in [1.165, 1.54) is 0 Å². The Morgan fingerprint density at radius 1 is 1.28 bits per heavy atom. The molecule has 1 aliphatic carbocycles. The van der Waals surface area contributed by atoms with Gasteiger partial charge < -0.3 is 17.7 Å². The van der Waals surface area contributed by atoms with Crippen LogP contribution in [0.15, 0.2) is 12.1 Å². The summed E-state index contributed by atoms with van der Waals surface area (Å²) in [5.74, 6) is 0. The fourth-order valence-electron chi connectivity index (χ4n) is 2.74. The molecule has 0 spiro atoms. The van der Waals surface area contributed by atoms with Gasteiger partial charge in [-0.15, -0.1) is 12.1 Å². The average molecular weight is 287 g/mol. The van der Waals surface area contributed by atoms with E-state index in [1.54, 1.807) is 0 Å².